The summed E-state index contributed by atoms with van der Waals surface area (Å²) in [4.78, 5) is 2.43. The van der Waals surface area contributed by atoms with Crippen LogP contribution in [0.3, 0.4) is 0 Å². The van der Waals surface area contributed by atoms with Crippen molar-refractivity contribution in [3.63, 3.8) is 0 Å². The molecule has 0 saturated carbocycles. The number of nitrogens with zero attached hydrogens (tertiary/aromatic N) is 1. The fraction of sp³-hybridized carbons (Fsp3) is 1.00. The van der Waals surface area contributed by atoms with Gasteiger partial charge in [-0.15, -0.1) is 0 Å². The second-order valence-corrected chi connectivity index (χ2v) is 5.68. The van der Waals surface area contributed by atoms with Gasteiger partial charge in [-0.1, -0.05) is 13.8 Å². The fourth-order valence-corrected chi connectivity index (χ4v) is 2.51. The van der Waals surface area contributed by atoms with E-state index in [0.29, 0.717) is 12.5 Å². The van der Waals surface area contributed by atoms with Gasteiger partial charge in [-0.05, 0) is 33.1 Å². The molecule has 2 N–H and O–H groups in total. The van der Waals surface area contributed by atoms with Crippen molar-refractivity contribution in [3.8, 4) is 0 Å². The highest BCUT2D eigenvalue weighted by Gasteiger charge is 2.30. The molecule has 0 aliphatic carbocycles. The van der Waals surface area contributed by atoms with Crippen LogP contribution in [0.5, 0.6) is 0 Å². The fourth-order valence-electron chi connectivity index (χ4n) is 2.51. The average Bonchev–Trinajstić information content (AvgIpc) is 2.36. The zero-order valence-electron chi connectivity index (χ0n) is 13.6. The first-order chi connectivity index (χ1) is 9.00. The highest BCUT2D eigenvalue weighted by molar-refractivity contribution is 4.88. The van der Waals surface area contributed by atoms with E-state index in [1.807, 2.05) is 13.8 Å². The van der Waals surface area contributed by atoms with E-state index in [0.717, 1.165) is 45.9 Å². The van der Waals surface area contributed by atoms with Gasteiger partial charge in [0.05, 0.1) is 13.2 Å². The second-order valence-electron chi connectivity index (χ2n) is 5.68. The molecule has 0 saturated heterocycles. The summed E-state index contributed by atoms with van der Waals surface area (Å²) in [7, 11) is 0. The molecule has 1 unspecified atom stereocenters. The summed E-state index contributed by atoms with van der Waals surface area (Å²) in [5.41, 5.74) is 6.07. The first kappa shape index (κ1) is 18.8. The average molecular weight is 274 g/mol. The molecular formula is C15H34N2O2. The Morgan fingerprint density at radius 1 is 1.05 bits per heavy atom. The lowest BCUT2D eigenvalue weighted by atomic mass is 9.89. The van der Waals surface area contributed by atoms with Crippen LogP contribution < -0.4 is 5.73 Å². The van der Waals surface area contributed by atoms with Gasteiger partial charge >= 0.3 is 0 Å². The highest BCUT2D eigenvalue weighted by atomic mass is 16.5. The minimum atomic E-state index is 0.0301. The minimum Gasteiger partial charge on any atom is -0.380 e. The van der Waals surface area contributed by atoms with E-state index >= 15 is 0 Å². The first-order valence-corrected chi connectivity index (χ1v) is 7.60. The van der Waals surface area contributed by atoms with E-state index < -0.39 is 0 Å². The second kappa shape index (κ2) is 10.6. The summed E-state index contributed by atoms with van der Waals surface area (Å²) in [5.74, 6) is 0.634. The number of hydrogen-bond acceptors (Lipinski definition) is 4. The van der Waals surface area contributed by atoms with Crippen LogP contribution in [0.25, 0.3) is 0 Å². The summed E-state index contributed by atoms with van der Waals surface area (Å²) in [6.45, 7) is 16.4. The van der Waals surface area contributed by atoms with Crippen molar-refractivity contribution in [1.82, 2.24) is 4.90 Å². The molecule has 0 aromatic rings. The molecule has 0 bridgehead atoms. The zero-order chi connectivity index (χ0) is 14.7. The lowest BCUT2D eigenvalue weighted by Crippen LogP contribution is -2.54. The predicted molar refractivity (Wildman–Crippen MR) is 81.5 cm³/mol. The van der Waals surface area contributed by atoms with Crippen LogP contribution in [-0.4, -0.2) is 56.5 Å². The number of nitrogens with two attached hydrogens (primary N) is 1. The van der Waals surface area contributed by atoms with Crippen molar-refractivity contribution < 1.29 is 9.47 Å². The van der Waals surface area contributed by atoms with Crippen molar-refractivity contribution in [3.05, 3.63) is 0 Å². The quantitative estimate of drug-likeness (QED) is 0.554. The minimum absolute atomic E-state index is 0.0301. The van der Waals surface area contributed by atoms with Crippen molar-refractivity contribution in [2.75, 3.05) is 46.1 Å². The van der Waals surface area contributed by atoms with E-state index in [4.69, 9.17) is 15.2 Å². The molecule has 4 heteroatoms. The molecule has 0 amide bonds. The Labute approximate surface area is 119 Å². The van der Waals surface area contributed by atoms with Crippen molar-refractivity contribution >= 4 is 0 Å². The molecule has 1 atom stereocenters. The molecule has 19 heavy (non-hydrogen) atoms. The third-order valence-electron chi connectivity index (χ3n) is 3.47. The van der Waals surface area contributed by atoms with Crippen LogP contribution in [0, 0.1) is 5.92 Å². The Morgan fingerprint density at radius 2 is 1.53 bits per heavy atom. The molecule has 4 nitrogen and oxygen atoms in total. The van der Waals surface area contributed by atoms with Crippen LogP contribution >= 0.6 is 0 Å². The van der Waals surface area contributed by atoms with Crippen LogP contribution in [0.2, 0.25) is 0 Å². The Balaban J connectivity index is 4.54. The van der Waals surface area contributed by atoms with E-state index in [2.05, 4.69) is 25.7 Å². The third-order valence-corrected chi connectivity index (χ3v) is 3.47. The lowest BCUT2D eigenvalue weighted by Gasteiger charge is -2.42. The predicted octanol–water partition coefficient (Wildman–Crippen LogP) is 2.12. The smallest absolute Gasteiger partial charge is 0.0593 e. The topological polar surface area (TPSA) is 47.7 Å². The van der Waals surface area contributed by atoms with Gasteiger partial charge < -0.3 is 15.2 Å². The van der Waals surface area contributed by atoms with E-state index in [1.165, 1.54) is 0 Å². The molecular weight excluding hydrogens is 240 g/mol. The van der Waals surface area contributed by atoms with Gasteiger partial charge in [0.25, 0.3) is 0 Å². The number of ether oxygens (including phenoxy) is 2. The van der Waals surface area contributed by atoms with Gasteiger partial charge in [0.15, 0.2) is 0 Å². The van der Waals surface area contributed by atoms with Crippen LogP contribution in [-0.2, 0) is 9.47 Å². The van der Waals surface area contributed by atoms with E-state index in [1.54, 1.807) is 0 Å². The zero-order valence-corrected chi connectivity index (χ0v) is 13.6. The van der Waals surface area contributed by atoms with Crippen molar-refractivity contribution in [1.29, 1.82) is 0 Å². The maximum absolute atomic E-state index is 6.04. The monoisotopic (exact) mass is 274 g/mol. The summed E-state index contributed by atoms with van der Waals surface area (Å²) in [6.07, 6.45) is 1.10. The summed E-state index contributed by atoms with van der Waals surface area (Å²) in [5, 5.41) is 0. The van der Waals surface area contributed by atoms with E-state index in [9.17, 15) is 0 Å². The Hall–Kier alpha value is -0.160. The van der Waals surface area contributed by atoms with Gasteiger partial charge in [0, 0.05) is 38.4 Å². The molecule has 116 valence electrons. The van der Waals surface area contributed by atoms with Crippen LogP contribution in [0.15, 0.2) is 0 Å². The molecule has 0 fully saturated rings. The van der Waals surface area contributed by atoms with Crippen molar-refractivity contribution in [2.45, 2.75) is 46.6 Å². The molecule has 0 aromatic carbocycles. The van der Waals surface area contributed by atoms with E-state index in [-0.39, 0.29) is 5.54 Å². The van der Waals surface area contributed by atoms with Gasteiger partial charge in [-0.3, -0.25) is 4.90 Å². The molecule has 0 aliphatic rings. The van der Waals surface area contributed by atoms with Crippen molar-refractivity contribution in [2.24, 2.45) is 11.7 Å². The van der Waals surface area contributed by atoms with Crippen LogP contribution in [0.4, 0.5) is 0 Å². The maximum Gasteiger partial charge on any atom is 0.0593 e. The maximum atomic E-state index is 6.04. The third kappa shape index (κ3) is 7.88. The summed E-state index contributed by atoms with van der Waals surface area (Å²) < 4.78 is 11.0. The SMILES string of the molecule is CCOCCN(CCOCC)C(C)(CN)CC(C)C. The van der Waals surface area contributed by atoms with Crippen LogP contribution in [0.1, 0.15) is 41.0 Å². The summed E-state index contributed by atoms with van der Waals surface area (Å²) >= 11 is 0. The molecule has 0 spiro atoms. The van der Waals surface area contributed by atoms with Gasteiger partial charge in [0.2, 0.25) is 0 Å². The summed E-state index contributed by atoms with van der Waals surface area (Å²) in [6, 6.07) is 0. The molecule has 0 heterocycles. The van der Waals surface area contributed by atoms with Gasteiger partial charge in [0.1, 0.15) is 0 Å². The molecule has 0 radical (unpaired) electrons. The molecule has 0 aromatic heterocycles. The Kier molecular flexibility index (Phi) is 10.5. The largest absolute Gasteiger partial charge is 0.380 e. The standard InChI is InChI=1S/C15H34N2O2/c1-6-18-10-8-17(9-11-19-7-2)15(5,13-16)12-14(3)4/h14H,6-13,16H2,1-5H3. The van der Waals surface area contributed by atoms with Gasteiger partial charge in [-0.2, -0.15) is 0 Å². The Bertz CT molecular complexity index is 202. The first-order valence-electron chi connectivity index (χ1n) is 7.60. The molecule has 0 aliphatic heterocycles. The highest BCUT2D eigenvalue weighted by Crippen LogP contribution is 2.22. The number of hydrogen-bond donors (Lipinski definition) is 1. The lowest BCUT2D eigenvalue weighted by molar-refractivity contribution is 0.0212. The molecule has 0 rings (SSSR count). The van der Waals surface area contributed by atoms with Gasteiger partial charge in [-0.25, -0.2) is 0 Å². The normalized spacial score (nSPS) is 15.2. The Morgan fingerprint density at radius 3 is 1.84 bits per heavy atom. The number of rotatable bonds is 12.